The Morgan fingerprint density at radius 2 is 2.17 bits per heavy atom. The topological polar surface area (TPSA) is 37.3 Å². The van der Waals surface area contributed by atoms with E-state index in [9.17, 15) is 4.79 Å². The molecule has 1 heterocycles. The molecule has 0 bridgehead atoms. The van der Waals surface area contributed by atoms with Gasteiger partial charge in [-0.1, -0.05) is 0 Å². The number of hydrogen-bond donors (Lipinski definition) is 1. The van der Waals surface area contributed by atoms with Crippen LogP contribution in [0, 0.1) is 0 Å². The van der Waals surface area contributed by atoms with Crippen LogP contribution in [0.5, 0.6) is 0 Å². The minimum atomic E-state index is -0.848. The van der Waals surface area contributed by atoms with Gasteiger partial charge >= 0.3 is 79.0 Å². The Morgan fingerprint density at radius 3 is 2.92 bits per heavy atom. The van der Waals surface area contributed by atoms with Gasteiger partial charge in [-0.3, -0.25) is 0 Å². The predicted octanol–water partition coefficient (Wildman–Crippen LogP) is 1.59. The molecule has 1 aromatic heterocycles. The van der Waals surface area contributed by atoms with Crippen molar-refractivity contribution < 1.29 is 9.90 Å². The summed E-state index contributed by atoms with van der Waals surface area (Å²) in [4.78, 5) is 10.6. The van der Waals surface area contributed by atoms with Gasteiger partial charge in [-0.2, -0.15) is 0 Å². The van der Waals surface area contributed by atoms with Crippen LogP contribution in [-0.4, -0.2) is 31.5 Å². The first kappa shape index (κ1) is 7.85. The third-order valence-electron chi connectivity index (χ3n) is 1.70. The molecule has 12 heavy (non-hydrogen) atoms. The predicted molar refractivity (Wildman–Crippen MR) is 47.8 cm³/mol. The Balaban J connectivity index is 2.68. The fraction of sp³-hybridized carbons (Fsp3) is 0. The van der Waals surface area contributed by atoms with Gasteiger partial charge in [-0.05, 0) is 0 Å². The van der Waals surface area contributed by atoms with Crippen molar-refractivity contribution >= 4 is 35.2 Å². The molecular weight excluding hydrogens is 268 g/mol. The van der Waals surface area contributed by atoms with E-state index in [0.29, 0.717) is 5.56 Å². The van der Waals surface area contributed by atoms with Gasteiger partial charge < -0.3 is 0 Å². The molecule has 0 aliphatic rings. The van der Waals surface area contributed by atoms with Gasteiger partial charge in [0.05, 0.1) is 0 Å². The fourth-order valence-corrected chi connectivity index (χ4v) is 3.30. The molecule has 3 heteroatoms. The number of carboxylic acids is 1. The van der Waals surface area contributed by atoms with Crippen molar-refractivity contribution in [1.82, 2.24) is 0 Å². The molecule has 0 saturated heterocycles. The van der Waals surface area contributed by atoms with Gasteiger partial charge in [-0.15, -0.1) is 0 Å². The van der Waals surface area contributed by atoms with Crippen LogP contribution in [0.15, 0.2) is 28.3 Å². The van der Waals surface area contributed by atoms with Crippen LogP contribution in [0.2, 0.25) is 0 Å². The molecule has 2 nitrogen and oxygen atoms in total. The molecule has 0 radical (unpaired) electrons. The zero-order valence-electron chi connectivity index (χ0n) is 6.15. The molecule has 1 aromatic carbocycles. The standard InChI is InChI=1S/C9H6O2Te/c10-9(11)7-1-2-8-6(5-7)3-4-12-8/h1-5H,(H,10,11). The van der Waals surface area contributed by atoms with Crippen molar-refractivity contribution in [3.05, 3.63) is 33.9 Å². The molecule has 0 spiro atoms. The molecule has 0 atom stereocenters. The number of fused-ring (bicyclic) bond motifs is 1. The average Bonchev–Trinajstić information content (AvgIpc) is 2.49. The van der Waals surface area contributed by atoms with Crippen molar-refractivity contribution in [2.45, 2.75) is 0 Å². The summed E-state index contributed by atoms with van der Waals surface area (Å²) in [6.45, 7) is 0. The van der Waals surface area contributed by atoms with Gasteiger partial charge in [0.25, 0.3) is 0 Å². The molecule has 0 saturated carbocycles. The zero-order chi connectivity index (χ0) is 8.55. The van der Waals surface area contributed by atoms with Gasteiger partial charge in [0.15, 0.2) is 0 Å². The second-order valence-corrected chi connectivity index (χ2v) is 5.18. The summed E-state index contributed by atoms with van der Waals surface area (Å²) < 4.78 is 3.51. The van der Waals surface area contributed by atoms with Gasteiger partial charge in [-0.25, -0.2) is 0 Å². The van der Waals surface area contributed by atoms with E-state index in [1.807, 2.05) is 12.1 Å². The summed E-state index contributed by atoms with van der Waals surface area (Å²) in [5.41, 5.74) is 0.382. The quantitative estimate of drug-likeness (QED) is 0.802. The van der Waals surface area contributed by atoms with E-state index in [0.717, 1.165) is 5.39 Å². The van der Waals surface area contributed by atoms with E-state index in [-0.39, 0.29) is 20.4 Å². The number of carbonyl (C=O) groups is 1. The summed E-state index contributed by atoms with van der Waals surface area (Å²) in [5.74, 6) is -0.848. The van der Waals surface area contributed by atoms with Crippen LogP contribution in [0.1, 0.15) is 10.4 Å². The van der Waals surface area contributed by atoms with E-state index in [1.165, 1.54) is 3.40 Å². The molecule has 0 amide bonds. The van der Waals surface area contributed by atoms with E-state index in [2.05, 4.69) is 4.08 Å². The van der Waals surface area contributed by atoms with E-state index in [4.69, 9.17) is 5.11 Å². The van der Waals surface area contributed by atoms with Crippen LogP contribution < -0.4 is 0 Å². The third-order valence-corrected chi connectivity index (χ3v) is 4.26. The zero-order valence-corrected chi connectivity index (χ0v) is 8.48. The molecule has 2 rings (SSSR count). The van der Waals surface area contributed by atoms with Crippen molar-refractivity contribution in [3.8, 4) is 0 Å². The van der Waals surface area contributed by atoms with Crippen LogP contribution in [0.25, 0.3) is 8.79 Å². The first-order chi connectivity index (χ1) is 5.77. The summed E-state index contributed by atoms with van der Waals surface area (Å²) in [6, 6.07) is 7.37. The number of rotatable bonds is 1. The van der Waals surface area contributed by atoms with Gasteiger partial charge in [0.2, 0.25) is 0 Å². The summed E-state index contributed by atoms with van der Waals surface area (Å²) in [7, 11) is 0. The van der Waals surface area contributed by atoms with Gasteiger partial charge in [0.1, 0.15) is 0 Å². The van der Waals surface area contributed by atoms with E-state index < -0.39 is 5.97 Å². The minimum absolute atomic E-state index is 0.149. The molecule has 0 aliphatic carbocycles. The Kier molecular flexibility index (Phi) is 1.92. The number of aromatic carboxylic acids is 1. The monoisotopic (exact) mass is 276 g/mol. The number of benzene rings is 1. The fourth-order valence-electron chi connectivity index (χ4n) is 1.10. The SMILES string of the molecule is O=C(O)c1ccc2[te]ccc2c1. The van der Waals surface area contributed by atoms with Crippen molar-refractivity contribution in [3.63, 3.8) is 0 Å². The Labute approximate surface area is 79.1 Å². The molecule has 0 aliphatic heterocycles. The molecular formula is C9H6O2Te. The van der Waals surface area contributed by atoms with Crippen molar-refractivity contribution in [2.75, 3.05) is 0 Å². The Morgan fingerprint density at radius 1 is 1.33 bits per heavy atom. The average molecular weight is 274 g/mol. The number of hydrogen-bond acceptors (Lipinski definition) is 1. The molecule has 0 fully saturated rings. The van der Waals surface area contributed by atoms with E-state index >= 15 is 0 Å². The summed E-state index contributed by atoms with van der Waals surface area (Å²) in [6.07, 6.45) is 0. The first-order valence-electron chi connectivity index (χ1n) is 3.48. The maximum absolute atomic E-state index is 10.6. The summed E-state index contributed by atoms with van der Waals surface area (Å²) in [5, 5.41) is 9.80. The number of carboxylic acid groups (broad SMARTS) is 1. The van der Waals surface area contributed by atoms with Crippen LogP contribution in [-0.2, 0) is 0 Å². The first-order valence-corrected chi connectivity index (χ1v) is 5.99. The maximum atomic E-state index is 10.6. The second-order valence-electron chi connectivity index (χ2n) is 2.48. The van der Waals surface area contributed by atoms with E-state index in [1.54, 1.807) is 12.1 Å². The molecule has 1 N–H and O–H groups in total. The van der Waals surface area contributed by atoms with Crippen LogP contribution in [0.3, 0.4) is 0 Å². The van der Waals surface area contributed by atoms with Crippen molar-refractivity contribution in [1.29, 1.82) is 0 Å². The van der Waals surface area contributed by atoms with Crippen molar-refractivity contribution in [2.24, 2.45) is 0 Å². The second kappa shape index (κ2) is 2.93. The Bertz CT molecular complexity index is 431. The molecule has 60 valence electrons. The summed E-state index contributed by atoms with van der Waals surface area (Å²) >= 11 is -0.149. The van der Waals surface area contributed by atoms with Gasteiger partial charge in [0, 0.05) is 0 Å². The normalized spacial score (nSPS) is 10.3. The molecule has 0 unspecified atom stereocenters. The molecule has 2 aromatic rings. The van der Waals surface area contributed by atoms with Crippen LogP contribution in [0.4, 0.5) is 0 Å². The Hall–Kier alpha value is -0.780. The van der Waals surface area contributed by atoms with Crippen LogP contribution >= 0.6 is 0 Å². The third kappa shape index (κ3) is 1.26.